The van der Waals surface area contributed by atoms with Gasteiger partial charge in [-0.25, -0.2) is 8.78 Å². The Kier molecular flexibility index (Phi) is 4.06. The molecule has 2 rings (SSSR count). The van der Waals surface area contributed by atoms with E-state index in [9.17, 15) is 13.6 Å². The maximum atomic E-state index is 13.0. The third-order valence-corrected chi connectivity index (χ3v) is 3.40. The first-order valence-electron chi connectivity index (χ1n) is 5.29. The van der Waals surface area contributed by atoms with E-state index in [2.05, 4.69) is 22.6 Å². The zero-order valence-corrected chi connectivity index (χ0v) is 11.4. The summed E-state index contributed by atoms with van der Waals surface area (Å²) in [6.07, 6.45) is -0.00526. The first-order chi connectivity index (χ1) is 8.56. The van der Waals surface area contributed by atoms with Gasteiger partial charge in [-0.1, -0.05) is 18.2 Å². The van der Waals surface area contributed by atoms with E-state index in [1.807, 2.05) is 12.1 Å². The van der Waals surface area contributed by atoms with Crippen LogP contribution in [0.5, 0.6) is 0 Å². The van der Waals surface area contributed by atoms with E-state index in [1.54, 1.807) is 12.1 Å². The summed E-state index contributed by atoms with van der Waals surface area (Å²) < 4.78 is 26.8. The molecule has 4 heteroatoms. The molecule has 0 unspecified atom stereocenters. The minimum absolute atomic E-state index is 0.00526. The van der Waals surface area contributed by atoms with E-state index in [0.29, 0.717) is 11.1 Å². The zero-order valence-electron chi connectivity index (χ0n) is 9.29. The van der Waals surface area contributed by atoms with Crippen molar-refractivity contribution < 1.29 is 13.6 Å². The first-order valence-corrected chi connectivity index (χ1v) is 6.37. The van der Waals surface area contributed by atoms with Gasteiger partial charge in [0.1, 0.15) is 11.6 Å². The molecule has 0 amide bonds. The highest BCUT2D eigenvalue weighted by Gasteiger charge is 2.11. The second kappa shape index (κ2) is 5.56. The molecule has 0 aliphatic carbocycles. The minimum atomic E-state index is -0.666. The molecule has 0 saturated heterocycles. The van der Waals surface area contributed by atoms with Crippen LogP contribution in [0.2, 0.25) is 0 Å². The van der Waals surface area contributed by atoms with Crippen molar-refractivity contribution in [3.8, 4) is 0 Å². The summed E-state index contributed by atoms with van der Waals surface area (Å²) in [5, 5.41) is 0. The van der Waals surface area contributed by atoms with Crippen LogP contribution in [0, 0.1) is 15.2 Å². The Labute approximate surface area is 117 Å². The summed E-state index contributed by atoms with van der Waals surface area (Å²) in [5.41, 5.74) is 0.917. The number of carbonyl (C=O) groups is 1. The molecule has 0 heterocycles. The molecule has 18 heavy (non-hydrogen) atoms. The van der Waals surface area contributed by atoms with Crippen molar-refractivity contribution in [1.82, 2.24) is 0 Å². The van der Waals surface area contributed by atoms with Crippen LogP contribution in [0.25, 0.3) is 0 Å². The molecule has 1 nitrogen and oxygen atoms in total. The average molecular weight is 358 g/mol. The summed E-state index contributed by atoms with van der Waals surface area (Å²) in [6, 6.07) is 10.3. The average Bonchev–Trinajstić information content (AvgIpc) is 2.27. The van der Waals surface area contributed by atoms with Gasteiger partial charge in [-0.2, -0.15) is 0 Å². The highest BCUT2D eigenvalue weighted by Crippen LogP contribution is 2.16. The quantitative estimate of drug-likeness (QED) is 0.599. The van der Waals surface area contributed by atoms with Crippen LogP contribution in [-0.4, -0.2) is 5.78 Å². The van der Waals surface area contributed by atoms with E-state index in [1.165, 1.54) is 12.1 Å². The maximum absolute atomic E-state index is 13.0. The number of hydrogen-bond donors (Lipinski definition) is 0. The minimum Gasteiger partial charge on any atom is -0.294 e. The van der Waals surface area contributed by atoms with Crippen LogP contribution >= 0.6 is 22.6 Å². The Morgan fingerprint density at radius 1 is 1.06 bits per heavy atom. The lowest BCUT2D eigenvalue weighted by Crippen LogP contribution is -2.06. The van der Waals surface area contributed by atoms with E-state index < -0.39 is 11.6 Å². The lowest BCUT2D eigenvalue weighted by Gasteiger charge is -2.04. The maximum Gasteiger partial charge on any atom is 0.168 e. The van der Waals surface area contributed by atoms with Gasteiger partial charge in [0.2, 0.25) is 0 Å². The molecular weight excluding hydrogens is 349 g/mol. The number of benzene rings is 2. The Bertz CT molecular complexity index is 576. The van der Waals surface area contributed by atoms with E-state index in [-0.39, 0.29) is 12.2 Å². The van der Waals surface area contributed by atoms with Crippen molar-refractivity contribution >= 4 is 28.4 Å². The molecule has 0 fully saturated rings. The molecule has 0 aliphatic rings. The number of Topliss-reactive ketones (excluding diaryl/α,β-unsaturated/α-hetero) is 1. The fraction of sp³-hybridized carbons (Fsp3) is 0.0714. The molecule has 2 aromatic carbocycles. The number of hydrogen-bond acceptors (Lipinski definition) is 1. The SMILES string of the molecule is O=C(Cc1cc(F)cc(F)c1)c1ccccc1I. The van der Waals surface area contributed by atoms with Crippen molar-refractivity contribution in [2.75, 3.05) is 0 Å². The lowest BCUT2D eigenvalue weighted by molar-refractivity contribution is 0.0992. The fourth-order valence-electron chi connectivity index (χ4n) is 1.68. The number of halogens is 3. The van der Waals surface area contributed by atoms with Crippen LogP contribution in [0.15, 0.2) is 42.5 Å². The molecule has 0 spiro atoms. The van der Waals surface area contributed by atoms with Crippen molar-refractivity contribution in [2.24, 2.45) is 0 Å². The number of carbonyl (C=O) groups excluding carboxylic acids is 1. The second-order valence-corrected chi connectivity index (χ2v) is 5.02. The molecule has 2 aromatic rings. The van der Waals surface area contributed by atoms with Gasteiger partial charge in [-0.3, -0.25) is 4.79 Å². The highest BCUT2D eigenvalue weighted by molar-refractivity contribution is 14.1. The van der Waals surface area contributed by atoms with Crippen molar-refractivity contribution in [2.45, 2.75) is 6.42 Å². The van der Waals surface area contributed by atoms with Gasteiger partial charge in [0.05, 0.1) is 0 Å². The standard InChI is InChI=1S/C14H9F2IO/c15-10-5-9(6-11(16)8-10)7-14(18)12-3-1-2-4-13(12)17/h1-6,8H,7H2. The predicted molar refractivity (Wildman–Crippen MR) is 73.6 cm³/mol. The largest absolute Gasteiger partial charge is 0.294 e. The topological polar surface area (TPSA) is 17.1 Å². The Balaban J connectivity index is 2.24. The number of ketones is 1. The van der Waals surface area contributed by atoms with Crippen molar-refractivity contribution in [1.29, 1.82) is 0 Å². The molecule has 0 bridgehead atoms. The highest BCUT2D eigenvalue weighted by atomic mass is 127. The molecule has 0 saturated carbocycles. The summed E-state index contributed by atoms with van der Waals surface area (Å²) in [5.74, 6) is -1.48. The number of rotatable bonds is 3. The summed E-state index contributed by atoms with van der Waals surface area (Å²) >= 11 is 2.06. The third kappa shape index (κ3) is 3.13. The van der Waals surface area contributed by atoms with Gasteiger partial charge >= 0.3 is 0 Å². The summed E-state index contributed by atoms with van der Waals surface area (Å²) in [6.45, 7) is 0. The Hall–Kier alpha value is -1.30. The van der Waals surface area contributed by atoms with Gasteiger partial charge in [-0.15, -0.1) is 0 Å². The van der Waals surface area contributed by atoms with E-state index >= 15 is 0 Å². The molecule has 0 atom stereocenters. The molecular formula is C14H9F2IO. The predicted octanol–water partition coefficient (Wildman–Crippen LogP) is 3.99. The lowest BCUT2D eigenvalue weighted by atomic mass is 10.0. The zero-order chi connectivity index (χ0) is 13.1. The fourth-order valence-corrected chi connectivity index (χ4v) is 2.37. The van der Waals surface area contributed by atoms with Crippen molar-refractivity contribution in [3.63, 3.8) is 0 Å². The van der Waals surface area contributed by atoms with Gasteiger partial charge in [0, 0.05) is 21.6 Å². The monoisotopic (exact) mass is 358 g/mol. The Morgan fingerprint density at radius 2 is 1.67 bits per heavy atom. The Morgan fingerprint density at radius 3 is 2.28 bits per heavy atom. The molecule has 0 radical (unpaired) electrons. The summed E-state index contributed by atoms with van der Waals surface area (Å²) in [4.78, 5) is 12.0. The van der Waals surface area contributed by atoms with Gasteiger partial charge in [0.25, 0.3) is 0 Å². The van der Waals surface area contributed by atoms with Crippen LogP contribution in [-0.2, 0) is 6.42 Å². The smallest absolute Gasteiger partial charge is 0.168 e. The van der Waals surface area contributed by atoms with Gasteiger partial charge in [0.15, 0.2) is 5.78 Å². The molecule has 0 aliphatic heterocycles. The van der Waals surface area contributed by atoms with Gasteiger partial charge in [-0.05, 0) is 46.4 Å². The molecule has 92 valence electrons. The normalized spacial score (nSPS) is 10.4. The second-order valence-electron chi connectivity index (χ2n) is 3.86. The summed E-state index contributed by atoms with van der Waals surface area (Å²) in [7, 11) is 0. The van der Waals surface area contributed by atoms with Crippen molar-refractivity contribution in [3.05, 3.63) is 68.8 Å². The third-order valence-electron chi connectivity index (χ3n) is 2.46. The van der Waals surface area contributed by atoms with Crippen LogP contribution in [0.1, 0.15) is 15.9 Å². The van der Waals surface area contributed by atoms with Crippen LogP contribution in [0.3, 0.4) is 0 Å². The molecule has 0 aromatic heterocycles. The van der Waals surface area contributed by atoms with Gasteiger partial charge < -0.3 is 0 Å². The molecule has 0 N–H and O–H groups in total. The van der Waals surface area contributed by atoms with E-state index in [4.69, 9.17) is 0 Å². The van der Waals surface area contributed by atoms with E-state index in [0.717, 1.165) is 9.64 Å². The van der Waals surface area contributed by atoms with Crippen LogP contribution < -0.4 is 0 Å². The van der Waals surface area contributed by atoms with Crippen LogP contribution in [0.4, 0.5) is 8.78 Å². The first kappa shape index (κ1) is 13.1.